The van der Waals surface area contributed by atoms with Crippen LogP contribution in [0.4, 0.5) is 11.5 Å². The second kappa shape index (κ2) is 5.86. The van der Waals surface area contributed by atoms with Crippen LogP contribution >= 0.6 is 11.8 Å². The number of anilines is 1. The second-order valence-corrected chi connectivity index (χ2v) is 4.91. The van der Waals surface area contributed by atoms with E-state index >= 15 is 0 Å². The lowest BCUT2D eigenvalue weighted by molar-refractivity contribution is -0.385. The molecule has 0 spiro atoms. The fourth-order valence-corrected chi connectivity index (χ4v) is 2.20. The number of thioether (sulfide) groups is 1. The zero-order chi connectivity index (χ0) is 13.0. The number of rotatable bonds is 5. The molecule has 0 aromatic carbocycles. The van der Waals surface area contributed by atoms with Crippen LogP contribution in [0.15, 0.2) is 12.3 Å². The van der Waals surface area contributed by atoms with E-state index < -0.39 is 4.92 Å². The summed E-state index contributed by atoms with van der Waals surface area (Å²) in [5.41, 5.74) is 0.711. The second-order valence-electron chi connectivity index (χ2n) is 4.00. The van der Waals surface area contributed by atoms with E-state index in [1.165, 1.54) is 6.20 Å². The Morgan fingerprint density at radius 3 is 2.76 bits per heavy atom. The summed E-state index contributed by atoms with van der Waals surface area (Å²) < 4.78 is 0. The molecule has 94 valence electrons. The van der Waals surface area contributed by atoms with Crippen LogP contribution in [0.25, 0.3) is 0 Å². The quantitative estimate of drug-likeness (QED) is 0.597. The van der Waals surface area contributed by atoms with Crippen LogP contribution in [0.1, 0.15) is 12.5 Å². The minimum absolute atomic E-state index is 0.0691. The van der Waals surface area contributed by atoms with Gasteiger partial charge in [-0.15, -0.1) is 0 Å². The lowest BCUT2D eigenvalue weighted by Crippen LogP contribution is -2.31. The average molecular weight is 255 g/mol. The molecule has 1 rings (SSSR count). The van der Waals surface area contributed by atoms with Gasteiger partial charge in [0.1, 0.15) is 12.0 Å². The molecule has 1 unspecified atom stereocenters. The molecule has 0 aliphatic heterocycles. The highest BCUT2D eigenvalue weighted by molar-refractivity contribution is 7.98. The molecule has 0 aliphatic carbocycles. The van der Waals surface area contributed by atoms with Crippen molar-refractivity contribution < 1.29 is 4.92 Å². The first-order valence-corrected chi connectivity index (χ1v) is 6.69. The Kier molecular flexibility index (Phi) is 4.74. The van der Waals surface area contributed by atoms with E-state index in [4.69, 9.17) is 0 Å². The van der Waals surface area contributed by atoms with Crippen molar-refractivity contribution in [3.8, 4) is 0 Å². The van der Waals surface area contributed by atoms with E-state index in [1.807, 2.05) is 11.9 Å². The van der Waals surface area contributed by atoms with Crippen LogP contribution in [0.5, 0.6) is 0 Å². The van der Waals surface area contributed by atoms with E-state index in [0.29, 0.717) is 11.6 Å². The van der Waals surface area contributed by atoms with Gasteiger partial charge in [-0.1, -0.05) is 0 Å². The van der Waals surface area contributed by atoms with Gasteiger partial charge in [0.15, 0.2) is 0 Å². The number of pyridine rings is 1. The Morgan fingerprint density at radius 2 is 2.29 bits per heavy atom. The summed E-state index contributed by atoms with van der Waals surface area (Å²) in [5, 5.41) is 10.7. The maximum atomic E-state index is 10.7. The first kappa shape index (κ1) is 13.8. The van der Waals surface area contributed by atoms with E-state index in [1.54, 1.807) is 24.8 Å². The number of hydrogen-bond donors (Lipinski definition) is 0. The zero-order valence-corrected chi connectivity index (χ0v) is 11.3. The molecule has 1 atom stereocenters. The fraction of sp³-hybridized carbons (Fsp3) is 0.545. The Bertz CT molecular complexity index is 412. The number of nitrogens with zero attached hydrogens (tertiary/aromatic N) is 3. The van der Waals surface area contributed by atoms with E-state index in [2.05, 4.69) is 18.2 Å². The van der Waals surface area contributed by atoms with Crippen LogP contribution in [-0.4, -0.2) is 35.0 Å². The van der Waals surface area contributed by atoms with Crippen molar-refractivity contribution >= 4 is 23.3 Å². The fourth-order valence-electron chi connectivity index (χ4n) is 1.50. The molecule has 0 amide bonds. The van der Waals surface area contributed by atoms with Gasteiger partial charge in [-0.05, 0) is 26.2 Å². The highest BCUT2D eigenvalue weighted by atomic mass is 32.2. The molecule has 0 N–H and O–H groups in total. The van der Waals surface area contributed by atoms with Gasteiger partial charge in [0.25, 0.3) is 5.69 Å². The Labute approximate surface area is 105 Å². The number of nitro groups is 1. The monoisotopic (exact) mass is 255 g/mol. The van der Waals surface area contributed by atoms with Crippen molar-refractivity contribution in [2.45, 2.75) is 19.9 Å². The molecule has 6 heteroatoms. The average Bonchev–Trinajstić information content (AvgIpc) is 2.27. The molecule has 1 aromatic rings. The topological polar surface area (TPSA) is 59.3 Å². The standard InChI is InChI=1S/C11H17N3O2S/c1-8-5-11(12-6-10(8)14(15)16)13(3)9(2)7-17-4/h5-6,9H,7H2,1-4H3. The van der Waals surface area contributed by atoms with Crippen molar-refractivity contribution in [1.29, 1.82) is 0 Å². The van der Waals surface area contributed by atoms with Crippen molar-refractivity contribution in [3.05, 3.63) is 27.9 Å². The molecular formula is C11H17N3O2S. The first-order valence-electron chi connectivity index (χ1n) is 5.30. The lowest BCUT2D eigenvalue weighted by atomic mass is 10.2. The number of aryl methyl sites for hydroxylation is 1. The van der Waals surface area contributed by atoms with Gasteiger partial charge in [-0.25, -0.2) is 4.98 Å². The predicted molar refractivity (Wildman–Crippen MR) is 71.9 cm³/mol. The maximum Gasteiger partial charge on any atom is 0.290 e. The summed E-state index contributed by atoms with van der Waals surface area (Å²) in [7, 11) is 1.95. The molecule has 1 aromatic heterocycles. The third-order valence-electron chi connectivity index (χ3n) is 2.70. The van der Waals surface area contributed by atoms with Crippen molar-refractivity contribution in [1.82, 2.24) is 4.98 Å². The zero-order valence-electron chi connectivity index (χ0n) is 10.5. The van der Waals surface area contributed by atoms with Gasteiger partial charge in [0.2, 0.25) is 0 Å². The van der Waals surface area contributed by atoms with Crippen LogP contribution in [-0.2, 0) is 0 Å². The van der Waals surface area contributed by atoms with E-state index in [9.17, 15) is 10.1 Å². The molecule has 0 aliphatic rings. The molecule has 1 heterocycles. The lowest BCUT2D eigenvalue weighted by Gasteiger charge is -2.25. The summed E-state index contributed by atoms with van der Waals surface area (Å²) in [5.74, 6) is 1.77. The molecule has 17 heavy (non-hydrogen) atoms. The minimum atomic E-state index is -0.405. The Hall–Kier alpha value is -1.30. The molecular weight excluding hydrogens is 238 g/mol. The van der Waals surface area contributed by atoms with Gasteiger partial charge in [-0.3, -0.25) is 10.1 Å². The Balaban J connectivity index is 2.93. The van der Waals surface area contributed by atoms with Gasteiger partial charge in [0, 0.05) is 24.4 Å². The third-order valence-corrected chi connectivity index (χ3v) is 3.51. The maximum absolute atomic E-state index is 10.7. The predicted octanol–water partition coefficient (Wildman–Crippen LogP) is 2.49. The van der Waals surface area contributed by atoms with Crippen LogP contribution in [0, 0.1) is 17.0 Å². The van der Waals surface area contributed by atoms with Crippen LogP contribution < -0.4 is 4.90 Å². The van der Waals surface area contributed by atoms with Gasteiger partial charge < -0.3 is 4.90 Å². The van der Waals surface area contributed by atoms with Gasteiger partial charge in [0.05, 0.1) is 4.92 Å². The minimum Gasteiger partial charge on any atom is -0.356 e. The number of aromatic nitrogens is 1. The molecule has 0 radical (unpaired) electrons. The molecule has 0 bridgehead atoms. The van der Waals surface area contributed by atoms with Crippen molar-refractivity contribution in [2.24, 2.45) is 0 Å². The highest BCUT2D eigenvalue weighted by Gasteiger charge is 2.15. The molecule has 0 saturated heterocycles. The smallest absolute Gasteiger partial charge is 0.290 e. The SMILES string of the molecule is CSCC(C)N(C)c1cc(C)c([N+](=O)[O-])cn1. The van der Waals surface area contributed by atoms with Gasteiger partial charge in [-0.2, -0.15) is 11.8 Å². The number of hydrogen-bond acceptors (Lipinski definition) is 5. The Morgan fingerprint density at radius 1 is 1.65 bits per heavy atom. The summed E-state index contributed by atoms with van der Waals surface area (Å²) in [6.07, 6.45) is 3.38. The third kappa shape index (κ3) is 3.33. The highest BCUT2D eigenvalue weighted by Crippen LogP contribution is 2.22. The van der Waals surface area contributed by atoms with Crippen molar-refractivity contribution in [3.63, 3.8) is 0 Å². The van der Waals surface area contributed by atoms with E-state index in [-0.39, 0.29) is 5.69 Å². The summed E-state index contributed by atoms with van der Waals surface area (Å²) in [6.45, 7) is 3.84. The molecule has 0 saturated carbocycles. The summed E-state index contributed by atoms with van der Waals surface area (Å²) in [6, 6.07) is 2.10. The van der Waals surface area contributed by atoms with Gasteiger partial charge >= 0.3 is 0 Å². The van der Waals surface area contributed by atoms with Crippen molar-refractivity contribution in [2.75, 3.05) is 24.0 Å². The summed E-state index contributed by atoms with van der Waals surface area (Å²) in [4.78, 5) is 16.5. The first-order chi connectivity index (χ1) is 7.97. The normalized spacial score (nSPS) is 12.2. The largest absolute Gasteiger partial charge is 0.356 e. The van der Waals surface area contributed by atoms with Crippen LogP contribution in [0.2, 0.25) is 0 Å². The van der Waals surface area contributed by atoms with Crippen LogP contribution in [0.3, 0.4) is 0 Å². The summed E-state index contributed by atoms with van der Waals surface area (Å²) >= 11 is 1.77. The molecule has 5 nitrogen and oxygen atoms in total. The molecule has 0 fully saturated rings. The van der Waals surface area contributed by atoms with E-state index in [0.717, 1.165) is 11.6 Å².